The summed E-state index contributed by atoms with van der Waals surface area (Å²) in [6.07, 6.45) is 3.38. The average molecular weight is 196 g/mol. The number of rotatable bonds is 3. The molecule has 1 rings (SSSR count). The molecule has 0 fully saturated rings. The smallest absolute Gasteiger partial charge is 0.181 e. The van der Waals surface area contributed by atoms with Crippen LogP contribution in [0, 0.1) is 0 Å². The van der Waals surface area contributed by atoms with Gasteiger partial charge >= 0.3 is 0 Å². The van der Waals surface area contributed by atoms with Crippen molar-refractivity contribution < 1.29 is 8.42 Å². The maximum atomic E-state index is 11.5. The van der Waals surface area contributed by atoms with E-state index >= 15 is 0 Å². The normalized spacial score (nSPS) is 12.1. The Balaban J connectivity index is 2.95. The van der Waals surface area contributed by atoms with Crippen LogP contribution in [0.3, 0.4) is 0 Å². The predicted octanol–water partition coefficient (Wildman–Crippen LogP) is 2.04. The van der Waals surface area contributed by atoms with Gasteiger partial charge in [0, 0.05) is 0 Å². The van der Waals surface area contributed by atoms with Gasteiger partial charge in [-0.2, -0.15) is 0 Å². The molecule has 0 spiro atoms. The van der Waals surface area contributed by atoms with Gasteiger partial charge in [-0.25, -0.2) is 8.42 Å². The van der Waals surface area contributed by atoms with Crippen LogP contribution in [-0.4, -0.2) is 14.2 Å². The van der Waals surface area contributed by atoms with Gasteiger partial charge in [-0.15, -0.1) is 0 Å². The first-order valence-corrected chi connectivity index (χ1v) is 5.71. The molecule has 1 aromatic carbocycles. The summed E-state index contributed by atoms with van der Waals surface area (Å²) in [5, 5.41) is 0. The second-order valence-electron chi connectivity index (χ2n) is 2.66. The third kappa shape index (κ3) is 2.70. The topological polar surface area (TPSA) is 34.1 Å². The van der Waals surface area contributed by atoms with Crippen molar-refractivity contribution in [1.82, 2.24) is 0 Å². The lowest BCUT2D eigenvalue weighted by Gasteiger charge is -1.99. The Morgan fingerprint density at radius 2 is 1.85 bits per heavy atom. The second-order valence-corrected chi connectivity index (χ2v) is 4.70. The fraction of sp³-hybridized carbons (Fsp3) is 0.200. The number of benzene rings is 1. The van der Waals surface area contributed by atoms with E-state index in [4.69, 9.17) is 0 Å². The molecule has 70 valence electrons. The summed E-state index contributed by atoms with van der Waals surface area (Å²) in [4.78, 5) is 0.383. The van der Waals surface area contributed by atoms with Crippen LogP contribution in [0.2, 0.25) is 0 Å². The van der Waals surface area contributed by atoms with Gasteiger partial charge in [-0.3, -0.25) is 0 Å². The summed E-state index contributed by atoms with van der Waals surface area (Å²) in [6, 6.07) is 8.47. The van der Waals surface area contributed by atoms with Gasteiger partial charge in [0.15, 0.2) is 9.84 Å². The Morgan fingerprint density at radius 3 is 2.38 bits per heavy atom. The van der Waals surface area contributed by atoms with E-state index in [1.165, 1.54) is 0 Å². The van der Waals surface area contributed by atoms with E-state index in [1.54, 1.807) is 49.4 Å². The Kier molecular flexibility index (Phi) is 3.25. The van der Waals surface area contributed by atoms with Gasteiger partial charge in [-0.1, -0.05) is 30.4 Å². The minimum absolute atomic E-state index is 0.0769. The molecule has 0 saturated carbocycles. The molecule has 0 aliphatic carbocycles. The van der Waals surface area contributed by atoms with Gasteiger partial charge in [0.25, 0.3) is 0 Å². The third-order valence-electron chi connectivity index (χ3n) is 1.65. The van der Waals surface area contributed by atoms with E-state index in [9.17, 15) is 8.42 Å². The van der Waals surface area contributed by atoms with Crippen LogP contribution in [0.4, 0.5) is 0 Å². The van der Waals surface area contributed by atoms with E-state index in [-0.39, 0.29) is 5.75 Å². The lowest BCUT2D eigenvalue weighted by atomic mass is 10.4. The average Bonchev–Trinajstić information content (AvgIpc) is 2.16. The number of hydrogen-bond donors (Lipinski definition) is 0. The summed E-state index contributed by atoms with van der Waals surface area (Å²) < 4.78 is 23.1. The van der Waals surface area contributed by atoms with Crippen molar-refractivity contribution in [3.63, 3.8) is 0 Å². The zero-order valence-corrected chi connectivity index (χ0v) is 8.29. The molecule has 2 nitrogen and oxygen atoms in total. The van der Waals surface area contributed by atoms with Gasteiger partial charge < -0.3 is 0 Å². The molecule has 0 heterocycles. The zero-order chi connectivity index (χ0) is 9.73. The highest BCUT2D eigenvalue weighted by molar-refractivity contribution is 7.91. The molecule has 0 radical (unpaired) electrons. The fourth-order valence-electron chi connectivity index (χ4n) is 0.947. The van der Waals surface area contributed by atoms with E-state index in [0.29, 0.717) is 4.90 Å². The summed E-state index contributed by atoms with van der Waals surface area (Å²) in [7, 11) is -3.11. The first-order valence-electron chi connectivity index (χ1n) is 4.06. The minimum Gasteiger partial charge on any atom is -0.223 e. The van der Waals surface area contributed by atoms with Crippen molar-refractivity contribution in [2.75, 3.05) is 5.75 Å². The summed E-state index contributed by atoms with van der Waals surface area (Å²) in [5.74, 6) is 0.0769. The predicted molar refractivity (Wildman–Crippen MR) is 53.3 cm³/mol. The molecule has 0 aliphatic heterocycles. The van der Waals surface area contributed by atoms with Crippen molar-refractivity contribution in [1.29, 1.82) is 0 Å². The minimum atomic E-state index is -3.11. The van der Waals surface area contributed by atoms with Crippen molar-refractivity contribution in [2.24, 2.45) is 0 Å². The van der Waals surface area contributed by atoms with Crippen LogP contribution >= 0.6 is 0 Å². The highest BCUT2D eigenvalue weighted by Crippen LogP contribution is 2.09. The summed E-state index contributed by atoms with van der Waals surface area (Å²) in [5.41, 5.74) is 0. The largest absolute Gasteiger partial charge is 0.223 e. The van der Waals surface area contributed by atoms with Crippen molar-refractivity contribution in [3.8, 4) is 0 Å². The van der Waals surface area contributed by atoms with E-state index < -0.39 is 9.84 Å². The molecule has 1 aromatic rings. The van der Waals surface area contributed by atoms with Crippen molar-refractivity contribution in [2.45, 2.75) is 11.8 Å². The highest BCUT2D eigenvalue weighted by Gasteiger charge is 2.10. The Hall–Kier alpha value is -1.09. The molecular formula is C10H12O2S. The SMILES string of the molecule is C/C=C\CS(=O)(=O)c1ccccc1. The molecule has 0 saturated heterocycles. The zero-order valence-electron chi connectivity index (χ0n) is 7.47. The van der Waals surface area contributed by atoms with Gasteiger partial charge in [-0.05, 0) is 19.1 Å². The fourth-order valence-corrected chi connectivity index (χ4v) is 2.16. The molecule has 13 heavy (non-hydrogen) atoms. The Morgan fingerprint density at radius 1 is 1.23 bits per heavy atom. The monoisotopic (exact) mass is 196 g/mol. The van der Waals surface area contributed by atoms with Gasteiger partial charge in [0.2, 0.25) is 0 Å². The first-order chi connectivity index (χ1) is 6.17. The van der Waals surface area contributed by atoms with Gasteiger partial charge in [0.1, 0.15) is 0 Å². The first kappa shape index (κ1) is 9.99. The lowest BCUT2D eigenvalue weighted by molar-refractivity contribution is 0.599. The third-order valence-corrected chi connectivity index (χ3v) is 3.28. The molecule has 0 N–H and O–H groups in total. The molecule has 0 unspecified atom stereocenters. The number of sulfone groups is 1. The van der Waals surface area contributed by atoms with Crippen LogP contribution in [0.25, 0.3) is 0 Å². The van der Waals surface area contributed by atoms with Crippen LogP contribution < -0.4 is 0 Å². The summed E-state index contributed by atoms with van der Waals surface area (Å²) >= 11 is 0. The van der Waals surface area contributed by atoms with E-state index in [0.717, 1.165) is 0 Å². The lowest BCUT2D eigenvalue weighted by Crippen LogP contribution is -2.03. The van der Waals surface area contributed by atoms with Crippen LogP contribution in [-0.2, 0) is 9.84 Å². The summed E-state index contributed by atoms with van der Waals surface area (Å²) in [6.45, 7) is 1.81. The van der Waals surface area contributed by atoms with Crippen LogP contribution in [0.5, 0.6) is 0 Å². The van der Waals surface area contributed by atoms with Gasteiger partial charge in [0.05, 0.1) is 10.6 Å². The molecule has 0 aliphatic rings. The Labute approximate surface area is 78.8 Å². The Bertz CT molecular complexity index is 377. The maximum absolute atomic E-state index is 11.5. The van der Waals surface area contributed by atoms with Crippen molar-refractivity contribution in [3.05, 3.63) is 42.5 Å². The van der Waals surface area contributed by atoms with Crippen LogP contribution in [0.1, 0.15) is 6.92 Å². The highest BCUT2D eigenvalue weighted by atomic mass is 32.2. The van der Waals surface area contributed by atoms with Crippen LogP contribution in [0.15, 0.2) is 47.4 Å². The molecule has 0 atom stereocenters. The quantitative estimate of drug-likeness (QED) is 0.693. The maximum Gasteiger partial charge on any atom is 0.181 e. The molecule has 0 bridgehead atoms. The van der Waals surface area contributed by atoms with E-state index in [2.05, 4.69) is 0 Å². The van der Waals surface area contributed by atoms with Crippen molar-refractivity contribution >= 4 is 9.84 Å². The molecular weight excluding hydrogens is 184 g/mol. The molecule has 0 aromatic heterocycles. The molecule has 3 heteroatoms. The molecule has 0 amide bonds. The number of allylic oxidation sites excluding steroid dienone is 1. The number of hydrogen-bond acceptors (Lipinski definition) is 2. The standard InChI is InChI=1S/C10H12O2S/c1-2-3-9-13(11,12)10-7-5-4-6-8-10/h2-8H,9H2,1H3/b3-2-. The van der Waals surface area contributed by atoms with E-state index in [1.807, 2.05) is 0 Å². The second kappa shape index (κ2) is 4.23.